The lowest BCUT2D eigenvalue weighted by Gasteiger charge is -2.27. The molecule has 0 heterocycles. The van der Waals surface area contributed by atoms with Crippen LogP contribution in [0.1, 0.15) is 64.2 Å². The van der Waals surface area contributed by atoms with Crippen molar-refractivity contribution >= 4 is 11.6 Å². The second kappa shape index (κ2) is 8.23. The van der Waals surface area contributed by atoms with Crippen LogP contribution < -0.4 is 10.6 Å². The fourth-order valence-electron chi connectivity index (χ4n) is 3.62. The Bertz CT molecular complexity index is 500. The van der Waals surface area contributed by atoms with Crippen molar-refractivity contribution in [1.29, 1.82) is 0 Å². The Morgan fingerprint density at radius 1 is 0.870 bits per heavy atom. The molecule has 0 aliphatic heterocycles. The predicted molar refractivity (Wildman–Crippen MR) is 96.0 cm³/mol. The molecule has 0 unspecified atom stereocenters. The molecule has 0 saturated heterocycles. The zero-order valence-electron chi connectivity index (χ0n) is 13.9. The minimum absolute atomic E-state index is 0.293. The molecule has 1 aromatic rings. The molecule has 0 radical (unpaired) electrons. The Morgan fingerprint density at radius 2 is 1.48 bits per heavy atom. The maximum absolute atomic E-state index is 9.44. The number of nitrogens with zero attached hydrogens (tertiary/aromatic N) is 1. The van der Waals surface area contributed by atoms with E-state index in [9.17, 15) is 5.11 Å². The number of phenols is 1. The third-order valence-corrected chi connectivity index (χ3v) is 4.96. The molecule has 4 heteroatoms. The monoisotopic (exact) mass is 315 g/mol. The SMILES string of the molecule is Oc1ccc(NC(=NC2CCCCC2)NC2CCCCC2)cc1. The van der Waals surface area contributed by atoms with E-state index in [-0.39, 0.29) is 0 Å². The predicted octanol–water partition coefficient (Wildman–Crippen LogP) is 4.42. The van der Waals surface area contributed by atoms with Gasteiger partial charge in [-0.2, -0.15) is 0 Å². The van der Waals surface area contributed by atoms with Crippen LogP contribution in [-0.4, -0.2) is 23.1 Å². The van der Waals surface area contributed by atoms with Crippen LogP contribution in [0.15, 0.2) is 29.3 Å². The highest BCUT2D eigenvalue weighted by Crippen LogP contribution is 2.22. The number of hydrogen-bond donors (Lipinski definition) is 3. The lowest BCUT2D eigenvalue weighted by Crippen LogP contribution is -2.41. The van der Waals surface area contributed by atoms with Crippen LogP contribution in [0.3, 0.4) is 0 Å². The minimum atomic E-state index is 0.293. The summed E-state index contributed by atoms with van der Waals surface area (Å²) in [7, 11) is 0. The highest BCUT2D eigenvalue weighted by molar-refractivity contribution is 5.94. The first-order valence-corrected chi connectivity index (χ1v) is 9.20. The fraction of sp³-hybridized carbons (Fsp3) is 0.632. The smallest absolute Gasteiger partial charge is 0.196 e. The molecule has 2 fully saturated rings. The van der Waals surface area contributed by atoms with Gasteiger partial charge in [0.15, 0.2) is 5.96 Å². The molecule has 2 aliphatic carbocycles. The third kappa shape index (κ3) is 5.15. The maximum atomic E-state index is 9.44. The topological polar surface area (TPSA) is 56.6 Å². The van der Waals surface area contributed by atoms with Crippen LogP contribution in [-0.2, 0) is 0 Å². The molecule has 126 valence electrons. The molecule has 2 saturated carbocycles. The van der Waals surface area contributed by atoms with Gasteiger partial charge in [0.1, 0.15) is 5.75 Å². The molecule has 1 aromatic carbocycles. The first kappa shape index (κ1) is 16.2. The second-order valence-electron chi connectivity index (χ2n) is 6.92. The lowest BCUT2D eigenvalue weighted by molar-refractivity contribution is 0.408. The molecule has 0 bridgehead atoms. The summed E-state index contributed by atoms with van der Waals surface area (Å²) in [4.78, 5) is 4.98. The number of nitrogens with one attached hydrogen (secondary N) is 2. The first-order valence-electron chi connectivity index (χ1n) is 9.20. The molecule has 0 aromatic heterocycles. The molecule has 2 aliphatic rings. The van der Waals surface area contributed by atoms with Crippen molar-refractivity contribution in [3.05, 3.63) is 24.3 Å². The van der Waals surface area contributed by atoms with E-state index in [1.165, 1.54) is 64.2 Å². The van der Waals surface area contributed by atoms with Crippen LogP contribution in [0.4, 0.5) is 5.69 Å². The van der Waals surface area contributed by atoms with Crippen molar-refractivity contribution in [3.63, 3.8) is 0 Å². The summed E-state index contributed by atoms with van der Waals surface area (Å²) in [5.74, 6) is 1.20. The largest absolute Gasteiger partial charge is 0.508 e. The van der Waals surface area contributed by atoms with E-state index in [1.54, 1.807) is 12.1 Å². The fourth-order valence-corrected chi connectivity index (χ4v) is 3.62. The van der Waals surface area contributed by atoms with Crippen molar-refractivity contribution in [2.24, 2.45) is 4.99 Å². The van der Waals surface area contributed by atoms with Gasteiger partial charge in [0.05, 0.1) is 6.04 Å². The van der Waals surface area contributed by atoms with E-state index in [1.807, 2.05) is 12.1 Å². The lowest BCUT2D eigenvalue weighted by atomic mass is 9.95. The Morgan fingerprint density at radius 3 is 2.13 bits per heavy atom. The number of phenolic OH excluding ortho intramolecular Hbond substituents is 1. The summed E-state index contributed by atoms with van der Waals surface area (Å²) in [5.41, 5.74) is 0.973. The van der Waals surface area contributed by atoms with Gasteiger partial charge in [-0.15, -0.1) is 0 Å². The number of guanidine groups is 1. The van der Waals surface area contributed by atoms with E-state index < -0.39 is 0 Å². The van der Waals surface area contributed by atoms with E-state index >= 15 is 0 Å². The highest BCUT2D eigenvalue weighted by Gasteiger charge is 2.17. The quantitative estimate of drug-likeness (QED) is 0.440. The van der Waals surface area contributed by atoms with Gasteiger partial charge in [-0.05, 0) is 49.9 Å². The van der Waals surface area contributed by atoms with Crippen molar-refractivity contribution < 1.29 is 5.11 Å². The van der Waals surface area contributed by atoms with Gasteiger partial charge in [-0.1, -0.05) is 38.5 Å². The van der Waals surface area contributed by atoms with Gasteiger partial charge in [0, 0.05) is 11.7 Å². The Labute approximate surface area is 139 Å². The number of rotatable bonds is 3. The average molecular weight is 315 g/mol. The summed E-state index contributed by atoms with van der Waals surface area (Å²) in [6, 6.07) is 8.19. The van der Waals surface area contributed by atoms with Crippen molar-refractivity contribution in [1.82, 2.24) is 5.32 Å². The standard InChI is InChI=1S/C19H29N3O/c23-18-13-11-17(12-14-18)22-19(20-15-7-3-1-4-8-15)21-16-9-5-2-6-10-16/h11-16,23H,1-10H2,(H2,20,21,22). The first-order chi connectivity index (χ1) is 11.3. The average Bonchev–Trinajstić information content (AvgIpc) is 2.59. The molecular formula is C19H29N3O. The zero-order chi connectivity index (χ0) is 15.9. The van der Waals surface area contributed by atoms with Gasteiger partial charge in [0.2, 0.25) is 0 Å². The van der Waals surface area contributed by atoms with Gasteiger partial charge in [-0.25, -0.2) is 4.99 Å². The highest BCUT2D eigenvalue weighted by atomic mass is 16.3. The normalized spacial score (nSPS) is 21.1. The van der Waals surface area contributed by atoms with Gasteiger partial charge in [-0.3, -0.25) is 0 Å². The van der Waals surface area contributed by atoms with Crippen LogP contribution in [0.5, 0.6) is 5.75 Å². The summed E-state index contributed by atoms with van der Waals surface area (Å²) in [5, 5.41) is 16.5. The van der Waals surface area contributed by atoms with Crippen LogP contribution in [0.25, 0.3) is 0 Å². The molecule has 0 amide bonds. The molecule has 4 nitrogen and oxygen atoms in total. The maximum Gasteiger partial charge on any atom is 0.196 e. The summed E-state index contributed by atoms with van der Waals surface area (Å²) >= 11 is 0. The van der Waals surface area contributed by atoms with Crippen molar-refractivity contribution in [3.8, 4) is 5.75 Å². The number of aliphatic imine (C=N–C) groups is 1. The number of aromatic hydroxyl groups is 1. The summed E-state index contributed by atoms with van der Waals surface area (Å²) < 4.78 is 0. The van der Waals surface area contributed by atoms with Crippen LogP contribution in [0, 0.1) is 0 Å². The minimum Gasteiger partial charge on any atom is -0.508 e. The molecule has 0 atom stereocenters. The van der Waals surface area contributed by atoms with E-state index in [0.29, 0.717) is 17.8 Å². The number of benzene rings is 1. The number of hydrogen-bond acceptors (Lipinski definition) is 2. The molecule has 3 rings (SSSR count). The summed E-state index contributed by atoms with van der Waals surface area (Å²) in [6.45, 7) is 0. The Hall–Kier alpha value is -1.71. The third-order valence-electron chi connectivity index (χ3n) is 4.96. The van der Waals surface area contributed by atoms with E-state index in [0.717, 1.165) is 11.6 Å². The van der Waals surface area contributed by atoms with Crippen molar-refractivity contribution in [2.75, 3.05) is 5.32 Å². The Balaban J connectivity index is 1.68. The molecule has 23 heavy (non-hydrogen) atoms. The van der Waals surface area contributed by atoms with Crippen molar-refractivity contribution in [2.45, 2.75) is 76.3 Å². The van der Waals surface area contributed by atoms with Crippen LogP contribution >= 0.6 is 0 Å². The van der Waals surface area contributed by atoms with E-state index in [4.69, 9.17) is 4.99 Å². The molecular weight excluding hydrogens is 286 g/mol. The van der Waals surface area contributed by atoms with Gasteiger partial charge >= 0.3 is 0 Å². The second-order valence-corrected chi connectivity index (χ2v) is 6.92. The Kier molecular flexibility index (Phi) is 5.78. The molecule has 3 N–H and O–H groups in total. The van der Waals surface area contributed by atoms with Gasteiger partial charge < -0.3 is 15.7 Å². The number of anilines is 1. The van der Waals surface area contributed by atoms with Gasteiger partial charge in [0.25, 0.3) is 0 Å². The molecule has 0 spiro atoms. The zero-order valence-corrected chi connectivity index (χ0v) is 13.9. The van der Waals surface area contributed by atoms with Crippen LogP contribution in [0.2, 0.25) is 0 Å². The van der Waals surface area contributed by atoms with E-state index in [2.05, 4.69) is 10.6 Å². The summed E-state index contributed by atoms with van der Waals surface area (Å²) in [6.07, 6.45) is 12.8.